The van der Waals surface area contributed by atoms with Crippen molar-refractivity contribution in [3.63, 3.8) is 0 Å². The predicted molar refractivity (Wildman–Crippen MR) is 56.1 cm³/mol. The zero-order chi connectivity index (χ0) is 10.8. The summed E-state index contributed by atoms with van der Waals surface area (Å²) in [5.41, 5.74) is 0.666. The average molecular weight is 226 g/mol. The van der Waals surface area contributed by atoms with Crippen LogP contribution in [0.5, 0.6) is 0 Å². The first-order chi connectivity index (χ1) is 7.22. The van der Waals surface area contributed by atoms with Crippen LogP contribution in [-0.2, 0) is 14.3 Å². The van der Waals surface area contributed by atoms with E-state index in [-0.39, 0.29) is 24.8 Å². The van der Waals surface area contributed by atoms with Gasteiger partial charge in [-0.3, -0.25) is 19.5 Å². The maximum absolute atomic E-state index is 11.4. The Morgan fingerprint density at radius 2 is 2.53 bits per heavy atom. The Labute approximate surface area is 91.2 Å². The molecule has 0 saturated heterocycles. The summed E-state index contributed by atoms with van der Waals surface area (Å²) >= 11 is 1.37. The maximum Gasteiger partial charge on any atom is 0.311 e. The van der Waals surface area contributed by atoms with Crippen LogP contribution in [0.15, 0.2) is 16.1 Å². The molecule has 80 valence electrons. The summed E-state index contributed by atoms with van der Waals surface area (Å²) in [7, 11) is 0. The van der Waals surface area contributed by atoms with E-state index in [9.17, 15) is 9.59 Å². The molecule has 0 aromatic carbocycles. The number of aliphatic imine (C=N–C) groups is 1. The molecular formula is C9H10N2O3S. The van der Waals surface area contributed by atoms with Crippen LogP contribution in [0, 0.1) is 0 Å². The number of ether oxygens (including phenoxy) is 1. The van der Waals surface area contributed by atoms with Crippen LogP contribution in [0.2, 0.25) is 0 Å². The fourth-order valence-electron chi connectivity index (χ4n) is 1.41. The summed E-state index contributed by atoms with van der Waals surface area (Å²) in [6.45, 7) is 2.29. The minimum Gasteiger partial charge on any atom is -0.466 e. The number of thioether (sulfide) groups is 1. The number of rotatable bonds is 3. The van der Waals surface area contributed by atoms with Gasteiger partial charge in [0.25, 0.3) is 5.91 Å². The van der Waals surface area contributed by atoms with Gasteiger partial charge in [-0.1, -0.05) is 11.8 Å². The number of esters is 1. The molecule has 0 spiro atoms. The Kier molecular flexibility index (Phi) is 2.77. The molecule has 0 N–H and O–H groups in total. The number of hydrogen-bond donors (Lipinski definition) is 0. The van der Waals surface area contributed by atoms with Crippen molar-refractivity contribution in [3.8, 4) is 0 Å². The molecule has 0 aromatic heterocycles. The average Bonchev–Trinajstić information content (AvgIpc) is 2.72. The second-order valence-corrected chi connectivity index (χ2v) is 3.87. The van der Waals surface area contributed by atoms with Gasteiger partial charge < -0.3 is 4.74 Å². The maximum atomic E-state index is 11.4. The quantitative estimate of drug-likeness (QED) is 0.665. The van der Waals surface area contributed by atoms with E-state index in [0.29, 0.717) is 17.5 Å². The molecule has 2 aliphatic rings. The van der Waals surface area contributed by atoms with E-state index in [2.05, 4.69) is 4.99 Å². The molecule has 6 heteroatoms. The fraction of sp³-hybridized carbons (Fsp3) is 0.444. The number of amidine groups is 1. The number of carbonyl (C=O) groups is 2. The minimum absolute atomic E-state index is 0.0782. The number of nitrogens with zero attached hydrogens (tertiary/aromatic N) is 2. The highest BCUT2D eigenvalue weighted by Crippen LogP contribution is 2.31. The lowest BCUT2D eigenvalue weighted by molar-refractivity contribution is -0.142. The van der Waals surface area contributed by atoms with Gasteiger partial charge in [-0.25, -0.2) is 0 Å². The predicted octanol–water partition coefficient (Wildman–Crippen LogP) is 0.726. The molecule has 0 unspecified atom stereocenters. The van der Waals surface area contributed by atoms with E-state index in [4.69, 9.17) is 4.74 Å². The van der Waals surface area contributed by atoms with Crippen molar-refractivity contribution in [3.05, 3.63) is 11.1 Å². The normalized spacial score (nSPS) is 18.7. The van der Waals surface area contributed by atoms with Gasteiger partial charge in [0.05, 0.1) is 13.0 Å². The summed E-state index contributed by atoms with van der Waals surface area (Å²) in [5.74, 6) is -0.393. The Balaban J connectivity index is 2.02. The van der Waals surface area contributed by atoms with Crippen molar-refractivity contribution in [1.82, 2.24) is 4.90 Å². The molecule has 2 rings (SSSR count). The van der Waals surface area contributed by atoms with Crippen LogP contribution in [0.25, 0.3) is 0 Å². The first kappa shape index (κ1) is 10.2. The molecular weight excluding hydrogens is 216 g/mol. The van der Waals surface area contributed by atoms with Crippen LogP contribution < -0.4 is 0 Å². The molecule has 15 heavy (non-hydrogen) atoms. The van der Waals surface area contributed by atoms with E-state index < -0.39 is 0 Å². The number of fused-ring (bicyclic) bond motifs is 1. The Bertz CT molecular complexity index is 376. The number of amides is 1. The smallest absolute Gasteiger partial charge is 0.311 e. The monoisotopic (exact) mass is 226 g/mol. The molecule has 2 aliphatic heterocycles. The van der Waals surface area contributed by atoms with Crippen molar-refractivity contribution in [1.29, 1.82) is 0 Å². The van der Waals surface area contributed by atoms with E-state index in [0.717, 1.165) is 0 Å². The van der Waals surface area contributed by atoms with Crippen LogP contribution in [0.1, 0.15) is 13.3 Å². The molecule has 0 radical (unpaired) electrons. The van der Waals surface area contributed by atoms with E-state index >= 15 is 0 Å². The summed E-state index contributed by atoms with van der Waals surface area (Å²) in [6, 6.07) is 0. The highest BCUT2D eigenvalue weighted by Gasteiger charge is 2.33. The Morgan fingerprint density at radius 1 is 1.73 bits per heavy atom. The van der Waals surface area contributed by atoms with Gasteiger partial charge in [0, 0.05) is 5.70 Å². The first-order valence-corrected chi connectivity index (χ1v) is 5.49. The largest absolute Gasteiger partial charge is 0.466 e. The molecule has 0 bridgehead atoms. The number of carbonyl (C=O) groups excluding carboxylic acids is 2. The fourth-order valence-corrected chi connectivity index (χ4v) is 2.30. The van der Waals surface area contributed by atoms with Gasteiger partial charge in [0.2, 0.25) is 0 Å². The molecule has 1 amide bonds. The van der Waals surface area contributed by atoms with Crippen LogP contribution in [0.4, 0.5) is 0 Å². The zero-order valence-electron chi connectivity index (χ0n) is 8.23. The molecule has 2 heterocycles. The van der Waals surface area contributed by atoms with Crippen LogP contribution >= 0.6 is 11.8 Å². The highest BCUT2D eigenvalue weighted by molar-refractivity contribution is 8.16. The SMILES string of the molecule is CCOC(=O)CC1=CSC2=NCC(=O)N12. The van der Waals surface area contributed by atoms with E-state index in [1.807, 2.05) is 0 Å². The zero-order valence-corrected chi connectivity index (χ0v) is 9.04. The molecule has 5 nitrogen and oxygen atoms in total. The van der Waals surface area contributed by atoms with Gasteiger partial charge in [-0.15, -0.1) is 0 Å². The minimum atomic E-state index is -0.315. The molecule has 0 atom stereocenters. The van der Waals surface area contributed by atoms with Crippen molar-refractivity contribution >= 4 is 28.8 Å². The van der Waals surface area contributed by atoms with Crippen LogP contribution in [-0.4, -0.2) is 35.1 Å². The Hall–Kier alpha value is -1.30. The summed E-state index contributed by atoms with van der Waals surface area (Å²) in [5, 5.41) is 2.44. The lowest BCUT2D eigenvalue weighted by Gasteiger charge is -2.13. The third kappa shape index (κ3) is 1.90. The van der Waals surface area contributed by atoms with Gasteiger partial charge in [-0.05, 0) is 12.3 Å². The lowest BCUT2D eigenvalue weighted by atomic mass is 10.3. The molecule has 0 fully saturated rings. The van der Waals surface area contributed by atoms with Crippen molar-refractivity contribution in [2.75, 3.05) is 13.2 Å². The third-order valence-electron chi connectivity index (χ3n) is 2.01. The Morgan fingerprint density at radius 3 is 3.27 bits per heavy atom. The third-order valence-corrected chi connectivity index (χ3v) is 2.92. The van der Waals surface area contributed by atoms with Crippen molar-refractivity contribution in [2.24, 2.45) is 4.99 Å². The summed E-state index contributed by atoms with van der Waals surface area (Å²) in [6.07, 6.45) is 0.131. The van der Waals surface area contributed by atoms with Gasteiger partial charge in [0.15, 0.2) is 5.17 Å². The van der Waals surface area contributed by atoms with Gasteiger partial charge >= 0.3 is 5.97 Å². The van der Waals surface area contributed by atoms with Gasteiger partial charge in [0.1, 0.15) is 6.54 Å². The molecule has 0 aromatic rings. The lowest BCUT2D eigenvalue weighted by Crippen LogP contribution is -2.28. The highest BCUT2D eigenvalue weighted by atomic mass is 32.2. The van der Waals surface area contributed by atoms with Crippen molar-refractivity contribution < 1.29 is 14.3 Å². The second-order valence-electron chi connectivity index (χ2n) is 3.04. The van der Waals surface area contributed by atoms with E-state index in [1.165, 1.54) is 16.7 Å². The number of hydrogen-bond acceptors (Lipinski definition) is 5. The second kappa shape index (κ2) is 4.06. The van der Waals surface area contributed by atoms with Crippen LogP contribution in [0.3, 0.4) is 0 Å². The molecule has 0 aliphatic carbocycles. The summed E-state index contributed by atoms with van der Waals surface area (Å²) < 4.78 is 4.82. The van der Waals surface area contributed by atoms with E-state index in [1.54, 1.807) is 12.3 Å². The molecule has 0 saturated carbocycles. The topological polar surface area (TPSA) is 59.0 Å². The first-order valence-electron chi connectivity index (χ1n) is 4.61. The summed E-state index contributed by atoms with van der Waals surface area (Å²) in [4.78, 5) is 28.2. The van der Waals surface area contributed by atoms with Crippen molar-refractivity contribution in [2.45, 2.75) is 13.3 Å². The van der Waals surface area contributed by atoms with Gasteiger partial charge in [-0.2, -0.15) is 0 Å². The standard InChI is InChI=1S/C9H10N2O3S/c1-2-14-8(13)3-6-5-15-9-10-4-7(12)11(6)9/h5H,2-4H2,1H3.